The van der Waals surface area contributed by atoms with E-state index in [0.717, 1.165) is 32.2 Å². The molecule has 0 aromatic rings. The predicted molar refractivity (Wildman–Crippen MR) is 87.3 cm³/mol. The topological polar surface area (TPSA) is 81.7 Å². The number of urea groups is 1. The molecule has 0 spiro atoms. The molecule has 0 saturated heterocycles. The number of carboxylic acid groups (broad SMARTS) is 1. The highest BCUT2D eigenvalue weighted by Gasteiger charge is 2.47. The first-order valence-corrected chi connectivity index (χ1v) is 9.07. The van der Waals surface area contributed by atoms with Gasteiger partial charge in [0.05, 0.1) is 6.54 Å². The number of aliphatic carboxylic acids is 1. The molecule has 0 atom stereocenters. The SMILES string of the molecule is CCN(CC(=O)O)C1CC(NC(=O)NC2(C3CCC3)CCC2)C1. The maximum atomic E-state index is 12.3. The van der Waals surface area contributed by atoms with Crippen LogP contribution < -0.4 is 10.6 Å². The third-order valence-electron chi connectivity index (χ3n) is 6.20. The lowest BCUT2D eigenvalue weighted by Crippen LogP contribution is -2.64. The Hall–Kier alpha value is -1.30. The molecule has 130 valence electrons. The second-order valence-corrected chi connectivity index (χ2v) is 7.51. The molecule has 0 aromatic carbocycles. The molecular weight excluding hydrogens is 294 g/mol. The van der Waals surface area contributed by atoms with Gasteiger partial charge in [-0.25, -0.2) is 4.79 Å². The van der Waals surface area contributed by atoms with E-state index in [-0.39, 0.29) is 30.2 Å². The highest BCUT2D eigenvalue weighted by molar-refractivity contribution is 5.75. The molecule has 23 heavy (non-hydrogen) atoms. The van der Waals surface area contributed by atoms with Gasteiger partial charge >= 0.3 is 12.0 Å². The fraction of sp³-hybridized carbons (Fsp3) is 0.882. The summed E-state index contributed by atoms with van der Waals surface area (Å²) in [6.45, 7) is 2.81. The van der Waals surface area contributed by atoms with Gasteiger partial charge in [-0.3, -0.25) is 9.69 Å². The molecule has 0 aromatic heterocycles. The summed E-state index contributed by atoms with van der Waals surface area (Å²) in [6, 6.07) is 0.438. The van der Waals surface area contributed by atoms with Crippen LogP contribution in [0, 0.1) is 5.92 Å². The number of rotatable bonds is 7. The molecule has 0 bridgehead atoms. The van der Waals surface area contributed by atoms with Crippen molar-refractivity contribution in [2.75, 3.05) is 13.1 Å². The van der Waals surface area contributed by atoms with E-state index in [1.165, 1.54) is 25.7 Å². The van der Waals surface area contributed by atoms with E-state index < -0.39 is 5.97 Å². The van der Waals surface area contributed by atoms with Crippen molar-refractivity contribution < 1.29 is 14.7 Å². The van der Waals surface area contributed by atoms with Gasteiger partial charge < -0.3 is 15.7 Å². The summed E-state index contributed by atoms with van der Waals surface area (Å²) >= 11 is 0. The van der Waals surface area contributed by atoms with E-state index in [4.69, 9.17) is 5.11 Å². The number of amides is 2. The molecule has 6 heteroatoms. The average Bonchev–Trinajstić information content (AvgIpc) is 2.35. The molecule has 0 radical (unpaired) electrons. The van der Waals surface area contributed by atoms with E-state index in [1.54, 1.807) is 0 Å². The number of likely N-dealkylation sites (N-methyl/N-ethyl adjacent to an activating group) is 1. The standard InChI is InChI=1S/C17H29N3O3/c1-2-20(11-15(21)22)14-9-13(10-14)18-16(23)19-17(7-4-8-17)12-5-3-6-12/h12-14H,2-11H2,1H3,(H,21,22)(H2,18,19,23). The van der Waals surface area contributed by atoms with E-state index in [0.29, 0.717) is 5.92 Å². The lowest BCUT2D eigenvalue weighted by atomic mass is 9.61. The monoisotopic (exact) mass is 323 g/mol. The van der Waals surface area contributed by atoms with E-state index in [2.05, 4.69) is 10.6 Å². The largest absolute Gasteiger partial charge is 0.480 e. The fourth-order valence-corrected chi connectivity index (χ4v) is 4.28. The van der Waals surface area contributed by atoms with Crippen LogP contribution in [-0.4, -0.2) is 52.7 Å². The molecule has 0 heterocycles. The molecule has 3 aliphatic carbocycles. The van der Waals surface area contributed by atoms with Crippen molar-refractivity contribution >= 4 is 12.0 Å². The fourth-order valence-electron chi connectivity index (χ4n) is 4.28. The Bertz CT molecular complexity index is 454. The summed E-state index contributed by atoms with van der Waals surface area (Å²) in [6.07, 6.45) is 9.00. The maximum Gasteiger partial charge on any atom is 0.317 e. The van der Waals surface area contributed by atoms with Gasteiger partial charge in [-0.05, 0) is 57.4 Å². The number of hydrogen-bond donors (Lipinski definition) is 3. The number of carbonyl (C=O) groups is 2. The van der Waals surface area contributed by atoms with Gasteiger partial charge in [-0.15, -0.1) is 0 Å². The van der Waals surface area contributed by atoms with Crippen LogP contribution in [0.1, 0.15) is 58.3 Å². The Morgan fingerprint density at radius 1 is 1.22 bits per heavy atom. The molecule has 6 nitrogen and oxygen atoms in total. The predicted octanol–water partition coefficient (Wildman–Crippen LogP) is 1.95. The molecule has 0 aliphatic heterocycles. The van der Waals surface area contributed by atoms with Gasteiger partial charge in [-0.2, -0.15) is 0 Å². The van der Waals surface area contributed by atoms with Crippen molar-refractivity contribution in [3.8, 4) is 0 Å². The second-order valence-electron chi connectivity index (χ2n) is 7.51. The molecule has 3 N–H and O–H groups in total. The van der Waals surface area contributed by atoms with Crippen LogP contribution >= 0.6 is 0 Å². The van der Waals surface area contributed by atoms with Crippen LogP contribution in [0.4, 0.5) is 4.79 Å². The summed E-state index contributed by atoms with van der Waals surface area (Å²) in [4.78, 5) is 25.1. The number of carbonyl (C=O) groups excluding carboxylic acids is 1. The zero-order chi connectivity index (χ0) is 16.4. The number of hydrogen-bond acceptors (Lipinski definition) is 3. The summed E-state index contributed by atoms with van der Waals surface area (Å²) in [7, 11) is 0. The van der Waals surface area contributed by atoms with Crippen LogP contribution in [0.5, 0.6) is 0 Å². The molecule has 3 rings (SSSR count). The Balaban J connectivity index is 1.41. The normalized spacial score (nSPS) is 29.1. The zero-order valence-electron chi connectivity index (χ0n) is 14.0. The highest BCUT2D eigenvalue weighted by atomic mass is 16.4. The van der Waals surface area contributed by atoms with Crippen molar-refractivity contribution in [2.24, 2.45) is 5.92 Å². The lowest BCUT2D eigenvalue weighted by Gasteiger charge is -2.52. The van der Waals surface area contributed by atoms with Gasteiger partial charge in [0.15, 0.2) is 0 Å². The minimum absolute atomic E-state index is 0.0265. The Morgan fingerprint density at radius 3 is 2.35 bits per heavy atom. The van der Waals surface area contributed by atoms with E-state index in [9.17, 15) is 9.59 Å². The number of carboxylic acids is 1. The summed E-state index contributed by atoms with van der Waals surface area (Å²) in [5, 5.41) is 15.3. The summed E-state index contributed by atoms with van der Waals surface area (Å²) in [5.74, 6) is -0.101. The van der Waals surface area contributed by atoms with Gasteiger partial charge in [0.1, 0.15) is 0 Å². The molecule has 3 aliphatic rings. The van der Waals surface area contributed by atoms with Crippen LogP contribution in [0.15, 0.2) is 0 Å². The van der Waals surface area contributed by atoms with Gasteiger partial charge in [0.2, 0.25) is 0 Å². The lowest BCUT2D eigenvalue weighted by molar-refractivity contribution is -0.139. The van der Waals surface area contributed by atoms with Gasteiger partial charge in [0, 0.05) is 17.6 Å². The quantitative estimate of drug-likeness (QED) is 0.669. The van der Waals surface area contributed by atoms with Crippen LogP contribution in [0.2, 0.25) is 0 Å². The smallest absolute Gasteiger partial charge is 0.317 e. The van der Waals surface area contributed by atoms with Crippen molar-refractivity contribution in [2.45, 2.75) is 75.9 Å². The molecule has 3 fully saturated rings. The van der Waals surface area contributed by atoms with Gasteiger partial charge in [0.25, 0.3) is 0 Å². The Labute approximate surface area is 138 Å². The van der Waals surface area contributed by atoms with Crippen molar-refractivity contribution in [1.82, 2.24) is 15.5 Å². The highest BCUT2D eigenvalue weighted by Crippen LogP contribution is 2.47. The third kappa shape index (κ3) is 3.47. The zero-order valence-corrected chi connectivity index (χ0v) is 14.0. The Kier molecular flexibility index (Phi) is 4.80. The van der Waals surface area contributed by atoms with Crippen molar-refractivity contribution in [3.63, 3.8) is 0 Å². The molecule has 3 saturated carbocycles. The van der Waals surface area contributed by atoms with E-state index in [1.807, 2.05) is 11.8 Å². The summed E-state index contributed by atoms with van der Waals surface area (Å²) < 4.78 is 0. The molecule has 2 amide bonds. The first kappa shape index (κ1) is 16.6. The summed E-state index contributed by atoms with van der Waals surface area (Å²) in [5.41, 5.74) is 0.0737. The van der Waals surface area contributed by atoms with Crippen LogP contribution in [0.25, 0.3) is 0 Å². The Morgan fingerprint density at radius 2 is 1.91 bits per heavy atom. The minimum atomic E-state index is -0.784. The van der Waals surface area contributed by atoms with Crippen molar-refractivity contribution in [1.29, 1.82) is 0 Å². The van der Waals surface area contributed by atoms with Crippen molar-refractivity contribution in [3.05, 3.63) is 0 Å². The number of nitrogens with zero attached hydrogens (tertiary/aromatic N) is 1. The second kappa shape index (κ2) is 6.67. The minimum Gasteiger partial charge on any atom is -0.480 e. The first-order valence-electron chi connectivity index (χ1n) is 9.07. The maximum absolute atomic E-state index is 12.3. The molecule has 0 unspecified atom stereocenters. The van der Waals surface area contributed by atoms with Gasteiger partial charge in [-0.1, -0.05) is 13.3 Å². The third-order valence-corrected chi connectivity index (χ3v) is 6.20. The molecular formula is C17H29N3O3. The average molecular weight is 323 g/mol. The van der Waals surface area contributed by atoms with Crippen LogP contribution in [0.3, 0.4) is 0 Å². The first-order chi connectivity index (χ1) is 11.0. The van der Waals surface area contributed by atoms with Crippen LogP contribution in [-0.2, 0) is 4.79 Å². The van der Waals surface area contributed by atoms with E-state index >= 15 is 0 Å². The number of nitrogens with one attached hydrogen (secondary N) is 2.